The summed E-state index contributed by atoms with van der Waals surface area (Å²) in [6, 6.07) is 4.65. The highest BCUT2D eigenvalue weighted by Gasteiger charge is 2.19. The number of rotatable bonds is 5. The molecule has 1 aromatic rings. The number of para-hydroxylation sites is 1. The summed E-state index contributed by atoms with van der Waals surface area (Å²) in [7, 11) is 0. The zero-order valence-corrected chi connectivity index (χ0v) is 11.7. The summed E-state index contributed by atoms with van der Waals surface area (Å²) < 4.78 is 34.5. The first-order chi connectivity index (χ1) is 10.1. The molecule has 1 aliphatic rings. The second-order valence-corrected chi connectivity index (χ2v) is 4.80. The van der Waals surface area contributed by atoms with E-state index in [1.807, 2.05) is 0 Å². The average molecular weight is 300 g/mol. The van der Waals surface area contributed by atoms with Gasteiger partial charge in [0.1, 0.15) is 5.75 Å². The van der Waals surface area contributed by atoms with Gasteiger partial charge in [-0.25, -0.2) is 0 Å². The maximum atomic E-state index is 12.4. The third-order valence-electron chi connectivity index (χ3n) is 3.15. The molecule has 1 fully saturated rings. The summed E-state index contributed by atoms with van der Waals surface area (Å²) in [4.78, 5) is 12.0. The van der Waals surface area contributed by atoms with Gasteiger partial charge in [0.25, 0.3) is 0 Å². The summed E-state index contributed by atoms with van der Waals surface area (Å²) in [5, 5.41) is 5.80. The summed E-state index contributed by atoms with van der Waals surface area (Å²) in [5.74, 6) is -0.308. The summed E-state index contributed by atoms with van der Waals surface area (Å²) in [5.41, 5.74) is 0.939. The predicted molar refractivity (Wildman–Crippen MR) is 73.7 cm³/mol. The van der Waals surface area contributed by atoms with Crippen LogP contribution in [0.25, 0.3) is 0 Å². The smallest absolute Gasteiger partial charge is 0.387 e. The van der Waals surface area contributed by atoms with Crippen molar-refractivity contribution in [3.63, 3.8) is 0 Å². The molecule has 1 atom stereocenters. The van der Waals surface area contributed by atoms with E-state index in [0.29, 0.717) is 25.3 Å². The van der Waals surface area contributed by atoms with E-state index in [2.05, 4.69) is 15.4 Å². The van der Waals surface area contributed by atoms with Crippen molar-refractivity contribution in [1.29, 1.82) is 0 Å². The van der Waals surface area contributed by atoms with Gasteiger partial charge in [0, 0.05) is 19.0 Å². The second-order valence-electron chi connectivity index (χ2n) is 4.80. The number of anilines is 1. The van der Waals surface area contributed by atoms with E-state index in [1.165, 1.54) is 6.07 Å². The van der Waals surface area contributed by atoms with Crippen LogP contribution in [0.2, 0.25) is 0 Å². The van der Waals surface area contributed by atoms with E-state index in [-0.39, 0.29) is 29.8 Å². The highest BCUT2D eigenvalue weighted by atomic mass is 19.3. The first kappa shape index (κ1) is 15.7. The van der Waals surface area contributed by atoms with Crippen LogP contribution in [0, 0.1) is 6.92 Å². The minimum absolute atomic E-state index is 0.0359. The Balaban J connectivity index is 2.02. The lowest BCUT2D eigenvalue weighted by atomic mass is 10.1. The Morgan fingerprint density at radius 3 is 3.05 bits per heavy atom. The Morgan fingerprint density at radius 2 is 2.38 bits per heavy atom. The molecule has 2 rings (SSSR count). The fourth-order valence-corrected chi connectivity index (χ4v) is 2.16. The lowest BCUT2D eigenvalue weighted by molar-refractivity contribution is -0.117. The number of benzene rings is 1. The molecule has 1 aliphatic heterocycles. The van der Waals surface area contributed by atoms with Crippen molar-refractivity contribution < 1.29 is 23.0 Å². The Kier molecular flexibility index (Phi) is 5.46. The largest absolute Gasteiger partial charge is 0.433 e. The van der Waals surface area contributed by atoms with Crippen LogP contribution in [0.1, 0.15) is 12.0 Å². The van der Waals surface area contributed by atoms with Crippen LogP contribution >= 0.6 is 0 Å². The molecule has 1 unspecified atom stereocenters. The van der Waals surface area contributed by atoms with Crippen LogP contribution in [-0.4, -0.2) is 38.3 Å². The summed E-state index contributed by atoms with van der Waals surface area (Å²) in [6.07, 6.45) is 0.211. The Bertz CT molecular complexity index is 491. The molecule has 1 saturated heterocycles. The first-order valence-electron chi connectivity index (χ1n) is 6.71. The molecule has 2 N–H and O–H groups in total. The number of amides is 1. The number of halogens is 2. The van der Waals surface area contributed by atoms with Gasteiger partial charge in [0.2, 0.25) is 5.91 Å². The lowest BCUT2D eigenvalue weighted by Gasteiger charge is -2.23. The van der Waals surface area contributed by atoms with Crippen molar-refractivity contribution in [1.82, 2.24) is 5.32 Å². The number of morpholine rings is 1. The van der Waals surface area contributed by atoms with E-state index >= 15 is 0 Å². The van der Waals surface area contributed by atoms with Crippen molar-refractivity contribution in [2.75, 3.05) is 25.1 Å². The molecule has 0 radical (unpaired) electrons. The van der Waals surface area contributed by atoms with Gasteiger partial charge in [-0.2, -0.15) is 8.78 Å². The molecule has 0 aromatic heterocycles. The van der Waals surface area contributed by atoms with Crippen molar-refractivity contribution in [2.24, 2.45) is 0 Å². The maximum Gasteiger partial charge on any atom is 0.387 e. The number of nitrogens with one attached hydrogen (secondary N) is 2. The zero-order chi connectivity index (χ0) is 15.2. The normalized spacial score (nSPS) is 18.6. The lowest BCUT2D eigenvalue weighted by Crippen LogP contribution is -2.43. The predicted octanol–water partition coefficient (Wildman–Crippen LogP) is 1.91. The SMILES string of the molecule is Cc1cccc(OC(F)F)c1NC(=O)CC1COCCN1. The molecule has 5 nitrogen and oxygen atoms in total. The first-order valence-corrected chi connectivity index (χ1v) is 6.71. The average Bonchev–Trinajstić information content (AvgIpc) is 2.43. The van der Waals surface area contributed by atoms with Gasteiger partial charge < -0.3 is 20.1 Å². The van der Waals surface area contributed by atoms with Crippen molar-refractivity contribution in [3.8, 4) is 5.75 Å². The molecule has 0 bridgehead atoms. The standard InChI is InChI=1S/C14H18F2N2O3/c1-9-3-2-4-11(21-14(15)16)13(9)18-12(19)7-10-8-20-6-5-17-10/h2-4,10,14,17H,5-8H2,1H3,(H,18,19). The van der Waals surface area contributed by atoms with Gasteiger partial charge in [-0.15, -0.1) is 0 Å². The minimum atomic E-state index is -2.93. The van der Waals surface area contributed by atoms with Gasteiger partial charge >= 0.3 is 6.61 Å². The number of hydrogen-bond donors (Lipinski definition) is 2. The van der Waals surface area contributed by atoms with E-state index in [1.54, 1.807) is 19.1 Å². The molecule has 0 aliphatic carbocycles. The van der Waals surface area contributed by atoms with Gasteiger partial charge in [-0.1, -0.05) is 12.1 Å². The molecule has 116 valence electrons. The van der Waals surface area contributed by atoms with E-state index in [4.69, 9.17) is 4.74 Å². The monoisotopic (exact) mass is 300 g/mol. The van der Waals surface area contributed by atoms with Gasteiger partial charge in [-0.3, -0.25) is 4.79 Å². The number of carbonyl (C=O) groups is 1. The Labute approximate surface area is 121 Å². The fourth-order valence-electron chi connectivity index (χ4n) is 2.16. The summed E-state index contributed by atoms with van der Waals surface area (Å²) in [6.45, 7) is 0.567. The number of carbonyl (C=O) groups excluding carboxylic acids is 1. The van der Waals surface area contributed by atoms with Crippen LogP contribution in [-0.2, 0) is 9.53 Å². The quantitative estimate of drug-likeness (QED) is 0.872. The second kappa shape index (κ2) is 7.33. The molecular weight excluding hydrogens is 282 g/mol. The zero-order valence-electron chi connectivity index (χ0n) is 11.7. The Morgan fingerprint density at radius 1 is 1.57 bits per heavy atom. The number of aryl methyl sites for hydroxylation is 1. The van der Waals surface area contributed by atoms with Gasteiger partial charge in [0.05, 0.1) is 18.9 Å². The number of hydrogen-bond acceptors (Lipinski definition) is 4. The minimum Gasteiger partial charge on any atom is -0.433 e. The molecule has 7 heteroatoms. The molecule has 0 saturated carbocycles. The molecule has 21 heavy (non-hydrogen) atoms. The van der Waals surface area contributed by atoms with Crippen LogP contribution in [0.3, 0.4) is 0 Å². The molecule has 1 heterocycles. The van der Waals surface area contributed by atoms with Crippen LogP contribution in [0.5, 0.6) is 5.75 Å². The number of alkyl halides is 2. The Hall–Kier alpha value is -1.73. The molecule has 1 amide bonds. The van der Waals surface area contributed by atoms with Crippen molar-refractivity contribution in [2.45, 2.75) is 26.0 Å². The topological polar surface area (TPSA) is 59.6 Å². The molecule has 1 aromatic carbocycles. The number of ether oxygens (including phenoxy) is 2. The fraction of sp³-hybridized carbons (Fsp3) is 0.500. The van der Waals surface area contributed by atoms with Crippen LogP contribution < -0.4 is 15.4 Å². The van der Waals surface area contributed by atoms with E-state index in [0.717, 1.165) is 0 Å². The third kappa shape index (κ3) is 4.64. The maximum absolute atomic E-state index is 12.4. The van der Waals surface area contributed by atoms with E-state index < -0.39 is 6.61 Å². The van der Waals surface area contributed by atoms with Crippen LogP contribution in [0.15, 0.2) is 18.2 Å². The van der Waals surface area contributed by atoms with Crippen molar-refractivity contribution in [3.05, 3.63) is 23.8 Å². The highest BCUT2D eigenvalue weighted by molar-refractivity contribution is 5.93. The van der Waals surface area contributed by atoms with Crippen molar-refractivity contribution >= 4 is 11.6 Å². The molecular formula is C14H18F2N2O3. The van der Waals surface area contributed by atoms with Gasteiger partial charge in [-0.05, 0) is 18.6 Å². The third-order valence-corrected chi connectivity index (χ3v) is 3.15. The van der Waals surface area contributed by atoms with Gasteiger partial charge in [0.15, 0.2) is 0 Å². The van der Waals surface area contributed by atoms with Crippen LogP contribution in [0.4, 0.5) is 14.5 Å². The summed E-state index contributed by atoms with van der Waals surface area (Å²) >= 11 is 0. The van der Waals surface area contributed by atoms with E-state index in [9.17, 15) is 13.6 Å². The highest BCUT2D eigenvalue weighted by Crippen LogP contribution is 2.29. The molecule has 0 spiro atoms.